The Labute approximate surface area is 147 Å². The Morgan fingerprint density at radius 1 is 0.920 bits per heavy atom. The largest absolute Gasteiger partial charge is 0.361 e. The topological polar surface area (TPSA) is 45.2 Å². The molecule has 0 saturated carbocycles. The Balaban J connectivity index is 1.77. The zero-order valence-electron chi connectivity index (χ0n) is 14.2. The molecule has 124 valence electrons. The summed E-state index contributed by atoms with van der Waals surface area (Å²) in [4.78, 5) is 19.2. The molecule has 1 aromatic heterocycles. The quantitative estimate of drug-likeness (QED) is 0.771. The van der Waals surface area contributed by atoms with Crippen LogP contribution in [0.2, 0.25) is 0 Å². The van der Waals surface area contributed by atoms with Crippen molar-refractivity contribution >= 4 is 17.4 Å². The number of hydrogen-bond donors (Lipinski definition) is 1. The highest BCUT2D eigenvalue weighted by molar-refractivity contribution is 6.11. The average Bonchev–Trinajstić information content (AvgIpc) is 2.90. The molecular formula is C21H19N3O. The number of fused-ring (bicyclic) bond motifs is 1. The van der Waals surface area contributed by atoms with Crippen LogP contribution in [-0.4, -0.2) is 10.9 Å². The van der Waals surface area contributed by atoms with Crippen molar-refractivity contribution in [2.24, 2.45) is 0 Å². The SMILES string of the molecule is Cc1ccc(N[C@@H]2c3ccccc3C(=O)N2c2ccc(C)cn2)cc1. The number of nitrogens with one attached hydrogen (secondary N) is 1. The third-order valence-corrected chi connectivity index (χ3v) is 4.46. The van der Waals surface area contributed by atoms with Gasteiger partial charge < -0.3 is 5.32 Å². The summed E-state index contributed by atoms with van der Waals surface area (Å²) in [6.45, 7) is 4.04. The zero-order chi connectivity index (χ0) is 17.4. The lowest BCUT2D eigenvalue weighted by atomic mass is 10.1. The van der Waals surface area contributed by atoms with Crippen LogP contribution < -0.4 is 10.2 Å². The van der Waals surface area contributed by atoms with E-state index in [1.165, 1.54) is 5.56 Å². The molecule has 1 aliphatic rings. The second kappa shape index (κ2) is 6.06. The standard InChI is InChI=1S/C21H19N3O/c1-14-7-10-16(11-8-14)23-20-17-5-3-4-6-18(17)21(25)24(20)19-12-9-15(2)13-22-19/h3-13,20,23H,1-2H3/t20-/m0/s1. The molecule has 0 unspecified atom stereocenters. The summed E-state index contributed by atoms with van der Waals surface area (Å²) in [5, 5.41) is 3.48. The molecule has 4 rings (SSSR count). The molecular weight excluding hydrogens is 310 g/mol. The molecule has 25 heavy (non-hydrogen) atoms. The second-order valence-corrected chi connectivity index (χ2v) is 6.37. The summed E-state index contributed by atoms with van der Waals surface area (Å²) >= 11 is 0. The minimum atomic E-state index is -0.276. The monoisotopic (exact) mass is 329 g/mol. The van der Waals surface area contributed by atoms with Crippen molar-refractivity contribution in [2.45, 2.75) is 20.0 Å². The Hall–Kier alpha value is -3.14. The number of amides is 1. The second-order valence-electron chi connectivity index (χ2n) is 6.37. The molecule has 3 aromatic rings. The van der Waals surface area contributed by atoms with Crippen molar-refractivity contribution in [1.82, 2.24) is 4.98 Å². The van der Waals surface area contributed by atoms with Crippen LogP contribution in [0.1, 0.15) is 33.2 Å². The fourth-order valence-electron chi connectivity index (χ4n) is 3.11. The Morgan fingerprint density at radius 2 is 1.64 bits per heavy atom. The number of pyridine rings is 1. The van der Waals surface area contributed by atoms with Crippen molar-refractivity contribution in [1.29, 1.82) is 0 Å². The Morgan fingerprint density at radius 3 is 2.36 bits per heavy atom. The van der Waals surface area contributed by atoms with Crippen LogP contribution in [0.4, 0.5) is 11.5 Å². The molecule has 0 fully saturated rings. The molecule has 4 nitrogen and oxygen atoms in total. The summed E-state index contributed by atoms with van der Waals surface area (Å²) < 4.78 is 0. The van der Waals surface area contributed by atoms with Crippen LogP contribution in [0.25, 0.3) is 0 Å². The van der Waals surface area contributed by atoms with Gasteiger partial charge in [0.25, 0.3) is 5.91 Å². The lowest BCUT2D eigenvalue weighted by molar-refractivity contribution is 0.0992. The molecule has 0 saturated heterocycles. The first-order valence-electron chi connectivity index (χ1n) is 8.32. The van der Waals surface area contributed by atoms with E-state index in [-0.39, 0.29) is 12.1 Å². The maximum absolute atomic E-state index is 13.0. The first-order valence-corrected chi connectivity index (χ1v) is 8.32. The van der Waals surface area contributed by atoms with Gasteiger partial charge in [0.2, 0.25) is 0 Å². The molecule has 0 radical (unpaired) electrons. The smallest absolute Gasteiger partial charge is 0.261 e. The summed E-state index contributed by atoms with van der Waals surface area (Å²) in [6.07, 6.45) is 1.51. The van der Waals surface area contributed by atoms with Gasteiger partial charge in [-0.1, -0.05) is 42.0 Å². The van der Waals surface area contributed by atoms with Crippen molar-refractivity contribution in [2.75, 3.05) is 10.2 Å². The number of aromatic nitrogens is 1. The average molecular weight is 329 g/mol. The molecule has 0 aliphatic carbocycles. The molecule has 4 heteroatoms. The molecule has 1 amide bonds. The van der Waals surface area contributed by atoms with Crippen LogP contribution in [0.5, 0.6) is 0 Å². The Bertz CT molecular complexity index is 917. The number of hydrogen-bond acceptors (Lipinski definition) is 3. The lowest BCUT2D eigenvalue weighted by Gasteiger charge is -2.26. The fourth-order valence-corrected chi connectivity index (χ4v) is 3.11. The van der Waals surface area contributed by atoms with Crippen LogP contribution in [0, 0.1) is 13.8 Å². The number of carbonyl (C=O) groups excluding carboxylic acids is 1. The van der Waals surface area contributed by atoms with Gasteiger partial charge in [-0.2, -0.15) is 0 Å². The van der Waals surface area contributed by atoms with E-state index in [0.29, 0.717) is 5.82 Å². The molecule has 1 atom stereocenters. The minimum absolute atomic E-state index is 0.0310. The predicted molar refractivity (Wildman–Crippen MR) is 99.8 cm³/mol. The van der Waals surface area contributed by atoms with E-state index in [2.05, 4.69) is 29.4 Å². The number of rotatable bonds is 3. The highest BCUT2D eigenvalue weighted by Crippen LogP contribution is 2.37. The van der Waals surface area contributed by atoms with Gasteiger partial charge in [0.1, 0.15) is 12.0 Å². The van der Waals surface area contributed by atoms with Crippen LogP contribution in [-0.2, 0) is 0 Å². The highest BCUT2D eigenvalue weighted by atomic mass is 16.2. The highest BCUT2D eigenvalue weighted by Gasteiger charge is 2.38. The van der Waals surface area contributed by atoms with Gasteiger partial charge in [0.05, 0.1) is 0 Å². The van der Waals surface area contributed by atoms with E-state index in [9.17, 15) is 4.79 Å². The first kappa shape index (κ1) is 15.4. The van der Waals surface area contributed by atoms with Gasteiger partial charge in [0, 0.05) is 23.0 Å². The van der Waals surface area contributed by atoms with E-state index in [1.54, 1.807) is 11.1 Å². The van der Waals surface area contributed by atoms with Gasteiger partial charge in [-0.25, -0.2) is 4.98 Å². The lowest BCUT2D eigenvalue weighted by Crippen LogP contribution is -2.32. The maximum Gasteiger partial charge on any atom is 0.261 e. The van der Waals surface area contributed by atoms with E-state index >= 15 is 0 Å². The molecule has 1 aliphatic heterocycles. The minimum Gasteiger partial charge on any atom is -0.361 e. The number of nitrogens with zero attached hydrogens (tertiary/aromatic N) is 2. The maximum atomic E-state index is 13.0. The van der Waals surface area contributed by atoms with Gasteiger partial charge >= 0.3 is 0 Å². The van der Waals surface area contributed by atoms with Gasteiger partial charge in [-0.3, -0.25) is 9.69 Å². The van der Waals surface area contributed by atoms with Crippen molar-refractivity contribution in [3.8, 4) is 0 Å². The molecule has 0 bridgehead atoms. The summed E-state index contributed by atoms with van der Waals surface area (Å²) in [5.74, 6) is 0.618. The molecule has 2 heterocycles. The molecule has 0 spiro atoms. The van der Waals surface area contributed by atoms with Crippen molar-refractivity contribution < 1.29 is 4.79 Å². The third-order valence-electron chi connectivity index (χ3n) is 4.46. The van der Waals surface area contributed by atoms with E-state index < -0.39 is 0 Å². The van der Waals surface area contributed by atoms with Gasteiger partial charge in [-0.15, -0.1) is 0 Å². The zero-order valence-corrected chi connectivity index (χ0v) is 14.2. The van der Waals surface area contributed by atoms with Crippen molar-refractivity contribution in [3.63, 3.8) is 0 Å². The number of carbonyl (C=O) groups is 1. The van der Waals surface area contributed by atoms with Crippen LogP contribution in [0.3, 0.4) is 0 Å². The first-order chi connectivity index (χ1) is 12.1. The van der Waals surface area contributed by atoms with Gasteiger partial charge in [0.15, 0.2) is 0 Å². The van der Waals surface area contributed by atoms with Crippen molar-refractivity contribution in [3.05, 3.63) is 89.1 Å². The normalized spacial score (nSPS) is 16.0. The molecule has 1 N–H and O–H groups in total. The summed E-state index contributed by atoms with van der Waals surface area (Å²) in [5.41, 5.74) is 4.92. The number of anilines is 2. The van der Waals surface area contributed by atoms with E-state index in [1.807, 2.05) is 55.5 Å². The molecule has 2 aromatic carbocycles. The van der Waals surface area contributed by atoms with E-state index in [4.69, 9.17) is 0 Å². The summed E-state index contributed by atoms with van der Waals surface area (Å²) in [6, 6.07) is 19.8. The van der Waals surface area contributed by atoms with Crippen LogP contribution in [0.15, 0.2) is 66.9 Å². The number of benzene rings is 2. The fraction of sp³-hybridized carbons (Fsp3) is 0.143. The van der Waals surface area contributed by atoms with E-state index in [0.717, 1.165) is 22.4 Å². The van der Waals surface area contributed by atoms with Crippen LogP contribution >= 0.6 is 0 Å². The van der Waals surface area contributed by atoms with Gasteiger partial charge in [-0.05, 0) is 43.7 Å². The third kappa shape index (κ3) is 2.76. The Kier molecular flexibility index (Phi) is 3.73. The number of aryl methyl sites for hydroxylation is 2. The summed E-state index contributed by atoms with van der Waals surface area (Å²) in [7, 11) is 0. The predicted octanol–water partition coefficient (Wildman–Crippen LogP) is 4.47.